The first kappa shape index (κ1) is 22.9. The van der Waals surface area contributed by atoms with Crippen molar-refractivity contribution in [3.05, 3.63) is 65.6 Å². The van der Waals surface area contributed by atoms with E-state index in [0.717, 1.165) is 16.8 Å². The van der Waals surface area contributed by atoms with Crippen LogP contribution in [-0.2, 0) is 0 Å². The summed E-state index contributed by atoms with van der Waals surface area (Å²) in [6, 6.07) is 14.5. The zero-order valence-electron chi connectivity index (χ0n) is 19.3. The van der Waals surface area contributed by atoms with Crippen molar-refractivity contribution in [3.8, 4) is 34.3 Å². The van der Waals surface area contributed by atoms with Crippen molar-refractivity contribution < 1.29 is 14.6 Å². The molecule has 3 heterocycles. The Kier molecular flexibility index (Phi) is 6.01. The molecule has 34 heavy (non-hydrogen) atoms. The number of benzene rings is 1. The fourth-order valence-electron chi connectivity index (χ4n) is 3.53. The van der Waals surface area contributed by atoms with Gasteiger partial charge in [-0.15, -0.1) is 0 Å². The number of nitrogens with one attached hydrogen (secondary N) is 1. The molecular weight excluding hydrogens is 432 g/mol. The molecule has 0 radical (unpaired) electrons. The summed E-state index contributed by atoms with van der Waals surface area (Å²) in [7, 11) is 1.54. The Morgan fingerprint density at radius 1 is 1.21 bits per heavy atom. The first-order valence-electron chi connectivity index (χ1n) is 10.6. The Morgan fingerprint density at radius 2 is 2.00 bits per heavy atom. The normalized spacial score (nSPS) is 11.3. The fourth-order valence-corrected chi connectivity index (χ4v) is 3.53. The first-order chi connectivity index (χ1) is 16.2. The molecule has 1 amide bonds. The van der Waals surface area contributed by atoms with E-state index in [0.29, 0.717) is 28.3 Å². The predicted molar refractivity (Wildman–Crippen MR) is 126 cm³/mol. The highest BCUT2D eigenvalue weighted by atomic mass is 16.5. The lowest BCUT2D eigenvalue weighted by atomic mass is 10.00. The van der Waals surface area contributed by atoms with E-state index < -0.39 is 11.5 Å². The standard InChI is InChI=1S/C25H24N6O3/c1-15-10-18(12-20(28-15)34-4)21-22(17-7-5-6-16(11-17)13-26)30-31-9-8-19(29-23(21)31)24(32)27-14-25(2,3)33/h5-12,33H,14H2,1-4H3,(H,27,32). The van der Waals surface area contributed by atoms with Crippen molar-refractivity contribution in [3.63, 3.8) is 0 Å². The van der Waals surface area contributed by atoms with Crippen molar-refractivity contribution in [2.45, 2.75) is 26.4 Å². The molecule has 0 saturated heterocycles. The van der Waals surface area contributed by atoms with Crippen LogP contribution in [0, 0.1) is 18.3 Å². The number of aliphatic hydroxyl groups is 1. The number of amides is 1. The second-order valence-corrected chi connectivity index (χ2v) is 8.53. The van der Waals surface area contributed by atoms with Crippen molar-refractivity contribution in [1.82, 2.24) is 24.9 Å². The molecule has 0 fully saturated rings. The summed E-state index contributed by atoms with van der Waals surface area (Å²) in [4.78, 5) is 21.7. The van der Waals surface area contributed by atoms with Gasteiger partial charge in [-0.2, -0.15) is 10.4 Å². The van der Waals surface area contributed by atoms with Crippen LogP contribution in [0.1, 0.15) is 35.6 Å². The first-order valence-corrected chi connectivity index (χ1v) is 10.6. The molecule has 3 aromatic heterocycles. The molecule has 0 aliphatic carbocycles. The maximum atomic E-state index is 12.7. The third-order valence-corrected chi connectivity index (χ3v) is 5.09. The van der Waals surface area contributed by atoms with Crippen LogP contribution in [0.2, 0.25) is 0 Å². The summed E-state index contributed by atoms with van der Waals surface area (Å²) in [5.74, 6) is 0.0263. The third kappa shape index (κ3) is 4.72. The number of rotatable bonds is 6. The topological polar surface area (TPSA) is 125 Å². The Balaban J connectivity index is 1.93. The van der Waals surface area contributed by atoms with E-state index in [1.54, 1.807) is 62.0 Å². The van der Waals surface area contributed by atoms with Crippen molar-refractivity contribution in [1.29, 1.82) is 5.26 Å². The Bertz CT molecular complexity index is 1430. The highest BCUT2D eigenvalue weighted by Gasteiger charge is 2.22. The quantitative estimate of drug-likeness (QED) is 0.456. The number of nitriles is 1. The smallest absolute Gasteiger partial charge is 0.270 e. The lowest BCUT2D eigenvalue weighted by molar-refractivity contribution is 0.0692. The number of pyridine rings is 1. The van der Waals surface area contributed by atoms with Crippen molar-refractivity contribution in [2.24, 2.45) is 0 Å². The number of carbonyl (C=O) groups is 1. The summed E-state index contributed by atoms with van der Waals surface area (Å²) in [5.41, 5.74) is 3.62. The maximum absolute atomic E-state index is 12.7. The molecule has 0 spiro atoms. The number of hydrogen-bond donors (Lipinski definition) is 2. The van der Waals surface area contributed by atoms with Crippen LogP contribution in [-0.4, -0.2) is 49.9 Å². The number of aromatic nitrogens is 4. The van der Waals surface area contributed by atoms with Crippen molar-refractivity contribution in [2.75, 3.05) is 13.7 Å². The van der Waals surface area contributed by atoms with Crippen LogP contribution in [0.3, 0.4) is 0 Å². The molecule has 0 aliphatic heterocycles. The molecule has 9 nitrogen and oxygen atoms in total. The number of methoxy groups -OCH3 is 1. The van der Waals surface area contributed by atoms with Crippen LogP contribution in [0.4, 0.5) is 0 Å². The molecule has 4 aromatic rings. The zero-order chi connectivity index (χ0) is 24.5. The van der Waals surface area contributed by atoms with Gasteiger partial charge < -0.3 is 15.2 Å². The monoisotopic (exact) mass is 456 g/mol. The van der Waals surface area contributed by atoms with E-state index in [9.17, 15) is 15.2 Å². The fraction of sp³-hybridized carbons (Fsp3) is 0.240. The zero-order valence-corrected chi connectivity index (χ0v) is 19.3. The number of ether oxygens (including phenoxy) is 1. The van der Waals surface area contributed by atoms with Crippen LogP contribution in [0.5, 0.6) is 5.88 Å². The van der Waals surface area contributed by atoms with Gasteiger partial charge in [0.2, 0.25) is 5.88 Å². The molecule has 4 rings (SSSR count). The Hall–Kier alpha value is -4.29. The van der Waals surface area contributed by atoms with E-state index in [2.05, 4.69) is 21.4 Å². The molecule has 2 N–H and O–H groups in total. The lowest BCUT2D eigenvalue weighted by Gasteiger charge is -2.17. The van der Waals surface area contributed by atoms with Gasteiger partial charge in [-0.25, -0.2) is 14.5 Å². The number of carbonyl (C=O) groups excluding carboxylic acids is 1. The third-order valence-electron chi connectivity index (χ3n) is 5.09. The van der Waals surface area contributed by atoms with Gasteiger partial charge in [0.05, 0.1) is 29.9 Å². The molecule has 0 unspecified atom stereocenters. The molecule has 1 aromatic carbocycles. The van der Waals surface area contributed by atoms with Gasteiger partial charge in [0.15, 0.2) is 5.65 Å². The van der Waals surface area contributed by atoms with Crippen LogP contribution in [0.25, 0.3) is 28.0 Å². The van der Waals surface area contributed by atoms with Crippen molar-refractivity contribution >= 4 is 11.6 Å². The van der Waals surface area contributed by atoms with Crippen LogP contribution >= 0.6 is 0 Å². The molecule has 0 saturated carbocycles. The predicted octanol–water partition coefficient (Wildman–Crippen LogP) is 3.15. The largest absolute Gasteiger partial charge is 0.481 e. The van der Waals surface area contributed by atoms with E-state index in [1.807, 2.05) is 19.1 Å². The molecular formula is C25H24N6O3. The molecule has 0 bridgehead atoms. The number of aryl methyl sites for hydroxylation is 1. The number of fused-ring (bicyclic) bond motifs is 1. The average molecular weight is 457 g/mol. The van der Waals surface area contributed by atoms with Gasteiger partial charge in [0.1, 0.15) is 11.4 Å². The van der Waals surface area contributed by atoms with Crippen LogP contribution < -0.4 is 10.1 Å². The van der Waals surface area contributed by atoms with Gasteiger partial charge >= 0.3 is 0 Å². The molecule has 0 atom stereocenters. The van der Waals surface area contributed by atoms with E-state index in [-0.39, 0.29) is 12.2 Å². The van der Waals surface area contributed by atoms with Gasteiger partial charge in [0, 0.05) is 30.1 Å². The SMILES string of the molecule is COc1cc(-c2c(-c3cccc(C#N)c3)nn3ccc(C(=O)NCC(C)(C)O)nc23)cc(C)n1. The summed E-state index contributed by atoms with van der Waals surface area (Å²) in [6.45, 7) is 5.16. The maximum Gasteiger partial charge on any atom is 0.270 e. The van der Waals surface area contributed by atoms with Gasteiger partial charge in [0.25, 0.3) is 5.91 Å². The highest BCUT2D eigenvalue weighted by molar-refractivity contribution is 5.95. The minimum Gasteiger partial charge on any atom is -0.481 e. The molecule has 9 heteroatoms. The van der Waals surface area contributed by atoms with Crippen LogP contribution in [0.15, 0.2) is 48.7 Å². The minimum atomic E-state index is -1.05. The second-order valence-electron chi connectivity index (χ2n) is 8.53. The average Bonchev–Trinajstić information content (AvgIpc) is 3.20. The van der Waals surface area contributed by atoms with Gasteiger partial charge in [-0.05, 0) is 50.6 Å². The summed E-state index contributed by atoms with van der Waals surface area (Å²) in [5, 5.41) is 26.7. The highest BCUT2D eigenvalue weighted by Crippen LogP contribution is 2.36. The van der Waals surface area contributed by atoms with E-state index in [1.165, 1.54) is 0 Å². The summed E-state index contributed by atoms with van der Waals surface area (Å²) >= 11 is 0. The van der Waals surface area contributed by atoms with Gasteiger partial charge in [-0.1, -0.05) is 12.1 Å². The van der Waals surface area contributed by atoms with E-state index in [4.69, 9.17) is 9.84 Å². The summed E-state index contributed by atoms with van der Waals surface area (Å²) < 4.78 is 6.96. The molecule has 0 aliphatic rings. The lowest BCUT2D eigenvalue weighted by Crippen LogP contribution is -2.38. The Labute approximate surface area is 196 Å². The number of nitrogens with zero attached hydrogens (tertiary/aromatic N) is 5. The number of hydrogen-bond acceptors (Lipinski definition) is 7. The van der Waals surface area contributed by atoms with Gasteiger partial charge in [-0.3, -0.25) is 4.79 Å². The second kappa shape index (κ2) is 8.92. The van der Waals surface area contributed by atoms with E-state index >= 15 is 0 Å². The minimum absolute atomic E-state index is 0.0811. The summed E-state index contributed by atoms with van der Waals surface area (Å²) in [6.07, 6.45) is 1.66. The molecule has 172 valence electrons. The Morgan fingerprint density at radius 3 is 2.71 bits per heavy atom.